The number of carboxylic acid groups (broad SMARTS) is 1. The van der Waals surface area contributed by atoms with Crippen LogP contribution in [0.1, 0.15) is 10.4 Å². The van der Waals surface area contributed by atoms with E-state index in [-0.39, 0.29) is 5.56 Å². The SMILES string of the molecule is O=C(O)c1cnc2ccsc2c1NNc1ccccn1. The average Bonchev–Trinajstić information content (AvgIpc) is 2.94. The van der Waals surface area contributed by atoms with Gasteiger partial charge in [0.2, 0.25) is 0 Å². The van der Waals surface area contributed by atoms with Crippen LogP contribution >= 0.6 is 11.3 Å². The van der Waals surface area contributed by atoms with Crippen LogP contribution in [-0.4, -0.2) is 21.0 Å². The van der Waals surface area contributed by atoms with Gasteiger partial charge < -0.3 is 5.11 Å². The Morgan fingerprint density at radius 1 is 1.20 bits per heavy atom. The summed E-state index contributed by atoms with van der Waals surface area (Å²) in [6.07, 6.45) is 3.00. The van der Waals surface area contributed by atoms with Crippen LogP contribution in [0.4, 0.5) is 11.5 Å². The first-order valence-corrected chi connectivity index (χ1v) is 6.66. The Labute approximate surface area is 118 Å². The van der Waals surface area contributed by atoms with Gasteiger partial charge in [0, 0.05) is 12.4 Å². The summed E-state index contributed by atoms with van der Waals surface area (Å²) in [7, 11) is 0. The number of carbonyl (C=O) groups is 1. The molecule has 0 aliphatic heterocycles. The molecule has 0 radical (unpaired) electrons. The summed E-state index contributed by atoms with van der Waals surface area (Å²) >= 11 is 1.43. The summed E-state index contributed by atoms with van der Waals surface area (Å²) in [4.78, 5) is 19.5. The number of fused-ring (bicyclic) bond motifs is 1. The van der Waals surface area contributed by atoms with Crippen molar-refractivity contribution in [1.82, 2.24) is 9.97 Å². The normalized spacial score (nSPS) is 10.4. The third-order valence-corrected chi connectivity index (χ3v) is 3.61. The topological polar surface area (TPSA) is 87.1 Å². The Balaban J connectivity index is 1.98. The molecular weight excluding hydrogens is 276 g/mol. The minimum atomic E-state index is -1.03. The Morgan fingerprint density at radius 3 is 2.85 bits per heavy atom. The van der Waals surface area contributed by atoms with E-state index >= 15 is 0 Å². The van der Waals surface area contributed by atoms with Crippen molar-refractivity contribution in [3.8, 4) is 0 Å². The van der Waals surface area contributed by atoms with Gasteiger partial charge in [0.05, 0.1) is 15.9 Å². The number of pyridine rings is 2. The molecule has 0 fully saturated rings. The van der Waals surface area contributed by atoms with Gasteiger partial charge in [-0.3, -0.25) is 15.8 Å². The molecule has 0 saturated heterocycles. The van der Waals surface area contributed by atoms with E-state index in [1.54, 1.807) is 18.3 Å². The van der Waals surface area contributed by atoms with Crippen molar-refractivity contribution in [3.63, 3.8) is 0 Å². The summed E-state index contributed by atoms with van der Waals surface area (Å²) in [5.41, 5.74) is 7.17. The number of hydrogen-bond donors (Lipinski definition) is 3. The molecule has 7 heteroatoms. The molecule has 20 heavy (non-hydrogen) atoms. The molecule has 0 unspecified atom stereocenters. The lowest BCUT2D eigenvalue weighted by Gasteiger charge is -2.11. The van der Waals surface area contributed by atoms with Crippen molar-refractivity contribution >= 4 is 39.0 Å². The Morgan fingerprint density at radius 2 is 2.10 bits per heavy atom. The van der Waals surface area contributed by atoms with Gasteiger partial charge in [-0.05, 0) is 23.6 Å². The van der Waals surface area contributed by atoms with E-state index < -0.39 is 5.97 Å². The van der Waals surface area contributed by atoms with Gasteiger partial charge in [0.1, 0.15) is 11.4 Å². The second kappa shape index (κ2) is 5.14. The Hall–Kier alpha value is -2.67. The number of aromatic nitrogens is 2. The molecule has 0 amide bonds. The highest BCUT2D eigenvalue weighted by Gasteiger charge is 2.15. The Kier molecular flexibility index (Phi) is 3.18. The molecule has 3 heterocycles. The Bertz CT molecular complexity index is 757. The molecule has 0 spiro atoms. The second-order valence-corrected chi connectivity index (χ2v) is 4.87. The van der Waals surface area contributed by atoms with Gasteiger partial charge in [-0.2, -0.15) is 0 Å². The highest BCUT2D eigenvalue weighted by Crippen LogP contribution is 2.30. The van der Waals surface area contributed by atoms with Gasteiger partial charge in [-0.15, -0.1) is 11.3 Å². The number of thiophene rings is 1. The van der Waals surface area contributed by atoms with Crippen LogP contribution < -0.4 is 10.9 Å². The molecule has 3 aromatic rings. The first-order valence-electron chi connectivity index (χ1n) is 5.78. The van der Waals surface area contributed by atoms with E-state index in [4.69, 9.17) is 0 Å². The van der Waals surface area contributed by atoms with Gasteiger partial charge in [0.15, 0.2) is 0 Å². The molecule has 3 aromatic heterocycles. The zero-order valence-electron chi connectivity index (χ0n) is 10.2. The second-order valence-electron chi connectivity index (χ2n) is 3.95. The van der Waals surface area contributed by atoms with E-state index in [2.05, 4.69) is 20.8 Å². The third kappa shape index (κ3) is 2.26. The smallest absolute Gasteiger partial charge is 0.339 e. The molecule has 0 atom stereocenters. The summed E-state index contributed by atoms with van der Waals surface area (Å²) in [6, 6.07) is 7.26. The quantitative estimate of drug-likeness (QED) is 0.639. The zero-order chi connectivity index (χ0) is 13.9. The fourth-order valence-electron chi connectivity index (χ4n) is 1.76. The van der Waals surface area contributed by atoms with Crippen LogP contribution in [0, 0.1) is 0 Å². The molecule has 6 nitrogen and oxygen atoms in total. The van der Waals surface area contributed by atoms with E-state index in [1.807, 2.05) is 17.5 Å². The predicted octanol–water partition coefficient (Wildman–Crippen LogP) is 2.83. The fourth-order valence-corrected chi connectivity index (χ4v) is 2.62. The van der Waals surface area contributed by atoms with Gasteiger partial charge >= 0.3 is 5.97 Å². The minimum absolute atomic E-state index is 0.114. The average molecular weight is 286 g/mol. The number of rotatable bonds is 4. The van der Waals surface area contributed by atoms with Crippen molar-refractivity contribution in [2.75, 3.05) is 10.9 Å². The predicted molar refractivity (Wildman–Crippen MR) is 78.1 cm³/mol. The molecular formula is C13H10N4O2S. The summed E-state index contributed by atoms with van der Waals surface area (Å²) in [6.45, 7) is 0. The van der Waals surface area contributed by atoms with Gasteiger partial charge in [-0.25, -0.2) is 9.78 Å². The fraction of sp³-hybridized carbons (Fsp3) is 0. The molecule has 3 N–H and O–H groups in total. The van der Waals surface area contributed by atoms with Crippen molar-refractivity contribution < 1.29 is 9.90 Å². The monoisotopic (exact) mass is 286 g/mol. The number of hydrazine groups is 1. The van der Waals surface area contributed by atoms with Crippen LogP contribution in [0.3, 0.4) is 0 Å². The number of hydrogen-bond acceptors (Lipinski definition) is 6. The van der Waals surface area contributed by atoms with E-state index in [9.17, 15) is 9.90 Å². The van der Waals surface area contributed by atoms with Crippen molar-refractivity contribution in [2.24, 2.45) is 0 Å². The van der Waals surface area contributed by atoms with Gasteiger partial charge in [0.25, 0.3) is 0 Å². The third-order valence-electron chi connectivity index (χ3n) is 2.68. The lowest BCUT2D eigenvalue weighted by molar-refractivity contribution is 0.0697. The van der Waals surface area contributed by atoms with E-state index in [1.165, 1.54) is 17.5 Å². The first kappa shape index (κ1) is 12.4. The van der Waals surface area contributed by atoms with Crippen molar-refractivity contribution in [3.05, 3.63) is 47.6 Å². The summed E-state index contributed by atoms with van der Waals surface area (Å²) in [5, 5.41) is 11.1. The lowest BCUT2D eigenvalue weighted by Crippen LogP contribution is -2.13. The molecule has 0 aromatic carbocycles. The lowest BCUT2D eigenvalue weighted by atomic mass is 10.2. The maximum Gasteiger partial charge on any atom is 0.339 e. The van der Waals surface area contributed by atoms with Crippen LogP contribution in [0.25, 0.3) is 10.2 Å². The number of aromatic carboxylic acids is 1. The standard InChI is InChI=1S/C13H10N4O2S/c18-13(19)8-7-15-9-4-6-20-12(9)11(8)17-16-10-3-1-2-5-14-10/h1-7H,(H,14,16)(H,15,17)(H,18,19). The van der Waals surface area contributed by atoms with Crippen LogP contribution in [0.5, 0.6) is 0 Å². The maximum absolute atomic E-state index is 11.3. The first-order chi connectivity index (χ1) is 9.75. The maximum atomic E-state index is 11.3. The van der Waals surface area contributed by atoms with E-state index in [0.717, 1.165) is 10.2 Å². The van der Waals surface area contributed by atoms with Crippen LogP contribution in [-0.2, 0) is 0 Å². The molecule has 100 valence electrons. The molecule has 0 saturated carbocycles. The molecule has 0 bridgehead atoms. The number of nitrogens with one attached hydrogen (secondary N) is 2. The highest BCUT2D eigenvalue weighted by molar-refractivity contribution is 7.17. The molecule has 0 aliphatic carbocycles. The van der Waals surface area contributed by atoms with Crippen molar-refractivity contribution in [1.29, 1.82) is 0 Å². The van der Waals surface area contributed by atoms with Crippen LogP contribution in [0.2, 0.25) is 0 Å². The largest absolute Gasteiger partial charge is 0.478 e. The van der Waals surface area contributed by atoms with Gasteiger partial charge in [-0.1, -0.05) is 6.07 Å². The molecule has 3 rings (SSSR count). The highest BCUT2D eigenvalue weighted by atomic mass is 32.1. The number of anilines is 2. The zero-order valence-corrected chi connectivity index (χ0v) is 11.0. The number of carboxylic acids is 1. The van der Waals surface area contributed by atoms with Crippen LogP contribution in [0.15, 0.2) is 42.0 Å². The minimum Gasteiger partial charge on any atom is -0.478 e. The molecule has 0 aliphatic rings. The number of nitrogens with zero attached hydrogens (tertiary/aromatic N) is 2. The van der Waals surface area contributed by atoms with Crippen molar-refractivity contribution in [2.45, 2.75) is 0 Å². The summed E-state index contributed by atoms with van der Waals surface area (Å²) < 4.78 is 0.785. The van der Waals surface area contributed by atoms with E-state index in [0.29, 0.717) is 11.5 Å². The summed E-state index contributed by atoms with van der Waals surface area (Å²) in [5.74, 6) is -0.427.